The predicted octanol–water partition coefficient (Wildman–Crippen LogP) is 2.14. The Hall–Kier alpha value is -2.30. The highest BCUT2D eigenvalue weighted by Crippen LogP contribution is 2.26. The smallest absolute Gasteiger partial charge is 0.123 e. The number of halogens is 1. The number of nitrogens with zero attached hydrogens (tertiary/aromatic N) is 3. The molecular weight excluding hydrogens is 334 g/mol. The minimum atomic E-state index is 0. The van der Waals surface area contributed by atoms with E-state index in [0.29, 0.717) is 6.54 Å². The maximum absolute atomic E-state index is 5.58. The molecule has 5 heteroatoms. The lowest BCUT2D eigenvalue weighted by Crippen LogP contribution is -2.42. The van der Waals surface area contributed by atoms with Crippen LogP contribution in [0.1, 0.15) is 5.69 Å². The molecule has 25 heavy (non-hydrogen) atoms. The minimum absolute atomic E-state index is 0. The second kappa shape index (κ2) is 6.54. The minimum Gasteiger partial charge on any atom is -0.378 e. The summed E-state index contributed by atoms with van der Waals surface area (Å²) in [6, 6.07) is 19.3. The Labute approximate surface area is 152 Å². The number of aromatic nitrogens is 1. The third-order valence-electron chi connectivity index (χ3n) is 4.87. The summed E-state index contributed by atoms with van der Waals surface area (Å²) in [6.07, 6.45) is 0. The predicted molar refractivity (Wildman–Crippen MR) is 101 cm³/mol. The van der Waals surface area contributed by atoms with Gasteiger partial charge in [-0.3, -0.25) is 9.56 Å². The highest BCUT2D eigenvalue weighted by molar-refractivity contribution is 5.85. The summed E-state index contributed by atoms with van der Waals surface area (Å²) in [5.74, 6) is 1.24. The molecule has 0 amide bonds. The first-order valence-corrected chi connectivity index (χ1v) is 8.48. The van der Waals surface area contributed by atoms with E-state index >= 15 is 0 Å². The molecule has 0 spiro atoms. The van der Waals surface area contributed by atoms with Crippen LogP contribution < -0.4 is 10.6 Å². The van der Waals surface area contributed by atoms with E-state index in [9.17, 15) is 0 Å². The van der Waals surface area contributed by atoms with Gasteiger partial charge in [-0.05, 0) is 24.3 Å². The highest BCUT2D eigenvalue weighted by atomic mass is 35.5. The Balaban J connectivity index is 0.00000157. The fourth-order valence-corrected chi connectivity index (χ4v) is 3.75. The van der Waals surface area contributed by atoms with Crippen molar-refractivity contribution in [2.75, 3.05) is 26.3 Å². The fraction of sp³-hybridized carbons (Fsp3) is 0.250. The van der Waals surface area contributed by atoms with Crippen LogP contribution in [0.3, 0.4) is 0 Å². The van der Waals surface area contributed by atoms with Crippen LogP contribution in [0, 0.1) is 0 Å². The van der Waals surface area contributed by atoms with Gasteiger partial charge in [0, 0.05) is 29.4 Å². The summed E-state index contributed by atoms with van der Waals surface area (Å²) < 4.78 is 7.98. The lowest BCUT2D eigenvalue weighted by atomic mass is 10.2. The monoisotopic (exact) mass is 353 g/mol. The van der Waals surface area contributed by atoms with Crippen LogP contribution in [0.15, 0.2) is 59.6 Å². The molecule has 0 unspecified atom stereocenters. The lowest BCUT2D eigenvalue weighted by Gasteiger charge is -2.32. The Bertz CT molecular complexity index is 1030. The van der Waals surface area contributed by atoms with Gasteiger partial charge in [0.25, 0.3) is 0 Å². The van der Waals surface area contributed by atoms with Gasteiger partial charge < -0.3 is 9.64 Å². The number of rotatable bonds is 1. The van der Waals surface area contributed by atoms with Gasteiger partial charge in [-0.25, -0.2) is 0 Å². The van der Waals surface area contributed by atoms with Crippen molar-refractivity contribution in [1.82, 2.24) is 9.47 Å². The molecule has 0 saturated carbocycles. The molecule has 2 aliphatic heterocycles. The number of fused-ring (bicyclic) bond motifs is 4. The first-order chi connectivity index (χ1) is 11.9. The Morgan fingerprint density at radius 3 is 2.56 bits per heavy atom. The Morgan fingerprint density at radius 2 is 1.68 bits per heavy atom. The van der Waals surface area contributed by atoms with Crippen molar-refractivity contribution in [3.63, 3.8) is 0 Å². The van der Waals surface area contributed by atoms with Crippen LogP contribution in [0.2, 0.25) is 0 Å². The Kier molecular flexibility index (Phi) is 4.24. The quantitative estimate of drug-likeness (QED) is 0.671. The van der Waals surface area contributed by atoms with Crippen LogP contribution in [-0.4, -0.2) is 35.8 Å². The van der Waals surface area contributed by atoms with Gasteiger partial charge in [0.2, 0.25) is 0 Å². The van der Waals surface area contributed by atoms with E-state index < -0.39 is 0 Å². The number of ether oxygens (including phenoxy) is 1. The number of para-hydroxylation sites is 2. The second-order valence-electron chi connectivity index (χ2n) is 6.29. The zero-order chi connectivity index (χ0) is 15.9. The van der Waals surface area contributed by atoms with Crippen molar-refractivity contribution in [2.45, 2.75) is 6.54 Å². The maximum Gasteiger partial charge on any atom is 0.123 e. The van der Waals surface area contributed by atoms with E-state index in [1.165, 1.54) is 27.6 Å². The van der Waals surface area contributed by atoms with Gasteiger partial charge in [0.05, 0.1) is 30.6 Å². The van der Waals surface area contributed by atoms with Gasteiger partial charge in [-0.15, -0.1) is 12.4 Å². The largest absolute Gasteiger partial charge is 0.378 e. The molecule has 0 atom stereocenters. The summed E-state index contributed by atoms with van der Waals surface area (Å²) >= 11 is 0. The Morgan fingerprint density at radius 1 is 0.920 bits per heavy atom. The molecule has 0 radical (unpaired) electrons. The molecule has 5 rings (SSSR count). The first-order valence-electron chi connectivity index (χ1n) is 8.48. The molecule has 1 aromatic heterocycles. The third kappa shape index (κ3) is 2.62. The van der Waals surface area contributed by atoms with Crippen LogP contribution in [0.4, 0.5) is 0 Å². The molecule has 0 bridgehead atoms. The second-order valence-corrected chi connectivity index (χ2v) is 6.29. The molecule has 1 saturated heterocycles. The topological polar surface area (TPSA) is 29.8 Å². The zero-order valence-electron chi connectivity index (χ0n) is 13.9. The van der Waals surface area contributed by atoms with E-state index in [1.54, 1.807) is 0 Å². The average Bonchev–Trinajstić information content (AvgIpc) is 2.92. The van der Waals surface area contributed by atoms with Crippen LogP contribution in [-0.2, 0) is 11.3 Å². The van der Waals surface area contributed by atoms with Crippen LogP contribution >= 0.6 is 12.4 Å². The summed E-state index contributed by atoms with van der Waals surface area (Å²) in [7, 11) is 0. The summed E-state index contributed by atoms with van der Waals surface area (Å²) in [5.41, 5.74) is 2.50. The molecule has 0 aliphatic carbocycles. The molecule has 2 aromatic carbocycles. The fourth-order valence-electron chi connectivity index (χ4n) is 3.75. The highest BCUT2D eigenvalue weighted by Gasteiger charge is 2.22. The van der Waals surface area contributed by atoms with Gasteiger partial charge in [0.1, 0.15) is 5.82 Å². The van der Waals surface area contributed by atoms with Gasteiger partial charge in [-0.2, -0.15) is 0 Å². The van der Waals surface area contributed by atoms with Crippen molar-refractivity contribution in [3.8, 4) is 0 Å². The van der Waals surface area contributed by atoms with Crippen molar-refractivity contribution >= 4 is 29.1 Å². The number of morpholine rings is 1. The molecule has 2 aliphatic rings. The maximum atomic E-state index is 5.58. The van der Waals surface area contributed by atoms with E-state index in [-0.39, 0.29) is 12.4 Å². The van der Waals surface area contributed by atoms with Crippen LogP contribution in [0.25, 0.3) is 16.7 Å². The molecule has 1 fully saturated rings. The van der Waals surface area contributed by atoms with E-state index in [2.05, 4.69) is 64.1 Å². The van der Waals surface area contributed by atoms with Gasteiger partial charge in [0.15, 0.2) is 0 Å². The molecule has 4 nitrogen and oxygen atoms in total. The zero-order valence-corrected chi connectivity index (χ0v) is 14.7. The molecule has 0 N–H and O–H groups in total. The van der Waals surface area contributed by atoms with Crippen molar-refractivity contribution in [2.24, 2.45) is 4.99 Å². The standard InChI is InChI=1S/C20H19N3O.ClH/c1-4-8-19-15(5-1)13-16-14-21-18-7-3-2-6-17(18)20(23(16)19)22-9-11-24-12-10-22;/h1-8,13H,9-12,14H2;1H. The van der Waals surface area contributed by atoms with E-state index in [0.717, 1.165) is 31.7 Å². The number of hydrogen-bond donors (Lipinski definition) is 0. The molecule has 3 heterocycles. The van der Waals surface area contributed by atoms with Crippen LogP contribution in [0.5, 0.6) is 0 Å². The van der Waals surface area contributed by atoms with Crippen molar-refractivity contribution in [3.05, 3.63) is 70.9 Å². The van der Waals surface area contributed by atoms with Crippen molar-refractivity contribution in [1.29, 1.82) is 0 Å². The van der Waals surface area contributed by atoms with E-state index in [1.807, 2.05) is 0 Å². The number of benzene rings is 2. The normalized spacial score (nSPS) is 16.5. The molecular formula is C20H20ClN3O. The van der Waals surface area contributed by atoms with E-state index in [4.69, 9.17) is 9.73 Å². The third-order valence-corrected chi connectivity index (χ3v) is 4.87. The summed E-state index contributed by atoms with van der Waals surface area (Å²) in [5, 5.41) is 3.55. The molecule has 3 aromatic rings. The summed E-state index contributed by atoms with van der Waals surface area (Å²) in [6.45, 7) is 4.08. The van der Waals surface area contributed by atoms with Gasteiger partial charge >= 0.3 is 0 Å². The molecule has 128 valence electrons. The van der Waals surface area contributed by atoms with Gasteiger partial charge in [-0.1, -0.05) is 30.3 Å². The number of hydrogen-bond acceptors (Lipinski definition) is 3. The SMILES string of the molecule is Cl.c1ccc2c(c1)=NCc1cc3ccccc3n1C=2N1CCOCC1. The van der Waals surface area contributed by atoms with Crippen molar-refractivity contribution < 1.29 is 4.74 Å². The first kappa shape index (κ1) is 16.2. The summed E-state index contributed by atoms with van der Waals surface area (Å²) in [4.78, 5) is 7.31. The average molecular weight is 354 g/mol. The lowest BCUT2D eigenvalue weighted by molar-refractivity contribution is 0.0614.